The van der Waals surface area contributed by atoms with Crippen LogP contribution in [0.15, 0.2) is 12.1 Å². The van der Waals surface area contributed by atoms with Crippen molar-refractivity contribution < 1.29 is 9.50 Å². The topological polar surface area (TPSA) is 52.7 Å². The van der Waals surface area contributed by atoms with E-state index < -0.39 is 0 Å². The summed E-state index contributed by atoms with van der Waals surface area (Å²) in [6.45, 7) is 5.83. The fourth-order valence-corrected chi connectivity index (χ4v) is 2.28. The Morgan fingerprint density at radius 3 is 2.56 bits per heavy atom. The molecule has 1 heterocycles. The molecule has 0 aliphatic carbocycles. The third-order valence-corrected chi connectivity index (χ3v) is 3.54. The Hall–Kier alpha value is -1.33. The third kappa shape index (κ3) is 2.57. The Labute approximate surface area is 107 Å². The number of nitrogen functional groups attached to an aromatic ring is 1. The van der Waals surface area contributed by atoms with Gasteiger partial charge in [-0.1, -0.05) is 0 Å². The molecule has 0 radical (unpaired) electrons. The first-order valence-corrected chi connectivity index (χ1v) is 6.26. The van der Waals surface area contributed by atoms with Gasteiger partial charge < -0.3 is 15.7 Å². The Morgan fingerprint density at radius 1 is 1.28 bits per heavy atom. The lowest BCUT2D eigenvalue weighted by molar-refractivity contribution is 0.188. The molecule has 18 heavy (non-hydrogen) atoms. The van der Waals surface area contributed by atoms with Crippen molar-refractivity contribution in [3.63, 3.8) is 0 Å². The average Bonchev–Trinajstić information content (AvgIpc) is 2.38. The van der Waals surface area contributed by atoms with Crippen molar-refractivity contribution in [2.75, 3.05) is 50.0 Å². The zero-order valence-corrected chi connectivity index (χ0v) is 10.7. The first-order chi connectivity index (χ1) is 8.63. The Morgan fingerprint density at radius 2 is 1.94 bits per heavy atom. The number of rotatable bonds is 3. The van der Waals surface area contributed by atoms with Crippen LogP contribution < -0.4 is 10.6 Å². The summed E-state index contributed by atoms with van der Waals surface area (Å²) in [5, 5.41) is 8.88. The van der Waals surface area contributed by atoms with Gasteiger partial charge in [-0.15, -0.1) is 0 Å². The molecular formula is C13H20FN3O. The molecule has 3 N–H and O–H groups in total. The molecule has 1 aliphatic heterocycles. The minimum absolute atomic E-state index is 0.176. The summed E-state index contributed by atoms with van der Waals surface area (Å²) >= 11 is 0. The maximum absolute atomic E-state index is 14.1. The smallest absolute Gasteiger partial charge is 0.151 e. The standard InChI is InChI=1S/C13H20FN3O/c1-10-11(15)2-3-12(13(10)14)17-6-4-16(5-7-17)8-9-18/h2-3,18H,4-9,15H2,1H3. The minimum Gasteiger partial charge on any atom is -0.398 e. The fourth-order valence-electron chi connectivity index (χ4n) is 2.28. The van der Waals surface area contributed by atoms with Crippen molar-refractivity contribution in [3.05, 3.63) is 23.5 Å². The largest absolute Gasteiger partial charge is 0.398 e. The molecule has 5 heteroatoms. The van der Waals surface area contributed by atoms with Gasteiger partial charge in [0.15, 0.2) is 5.82 Å². The van der Waals surface area contributed by atoms with E-state index in [1.54, 1.807) is 19.1 Å². The highest BCUT2D eigenvalue weighted by atomic mass is 19.1. The highest BCUT2D eigenvalue weighted by Crippen LogP contribution is 2.26. The van der Waals surface area contributed by atoms with E-state index in [0.717, 1.165) is 26.2 Å². The molecule has 0 saturated carbocycles. The van der Waals surface area contributed by atoms with Gasteiger partial charge in [-0.2, -0.15) is 0 Å². The van der Waals surface area contributed by atoms with Gasteiger partial charge in [-0.05, 0) is 19.1 Å². The van der Waals surface area contributed by atoms with Gasteiger partial charge >= 0.3 is 0 Å². The lowest BCUT2D eigenvalue weighted by atomic mass is 10.1. The summed E-state index contributed by atoms with van der Waals surface area (Å²) in [6.07, 6.45) is 0. The molecule has 1 aromatic rings. The van der Waals surface area contributed by atoms with Crippen molar-refractivity contribution in [1.82, 2.24) is 4.90 Å². The Balaban J connectivity index is 2.08. The van der Waals surface area contributed by atoms with Crippen LogP contribution in [-0.4, -0.2) is 49.3 Å². The number of benzene rings is 1. The molecule has 4 nitrogen and oxygen atoms in total. The van der Waals surface area contributed by atoms with Crippen LogP contribution >= 0.6 is 0 Å². The van der Waals surface area contributed by atoms with E-state index in [1.807, 2.05) is 4.90 Å². The maximum atomic E-state index is 14.1. The second-order valence-electron chi connectivity index (χ2n) is 4.67. The highest BCUT2D eigenvalue weighted by Gasteiger charge is 2.20. The SMILES string of the molecule is Cc1c(N)ccc(N2CCN(CCO)CC2)c1F. The van der Waals surface area contributed by atoms with Gasteiger partial charge in [-0.3, -0.25) is 4.90 Å². The molecular weight excluding hydrogens is 233 g/mol. The van der Waals surface area contributed by atoms with Gasteiger partial charge in [0.2, 0.25) is 0 Å². The average molecular weight is 253 g/mol. The molecule has 1 aliphatic rings. The molecule has 1 aromatic carbocycles. The molecule has 0 aromatic heterocycles. The van der Waals surface area contributed by atoms with E-state index in [-0.39, 0.29) is 12.4 Å². The minimum atomic E-state index is -0.217. The number of hydrogen-bond donors (Lipinski definition) is 2. The lowest BCUT2D eigenvalue weighted by Gasteiger charge is -2.36. The molecule has 0 unspecified atom stereocenters. The van der Waals surface area contributed by atoms with E-state index in [0.29, 0.717) is 23.5 Å². The molecule has 100 valence electrons. The van der Waals surface area contributed by atoms with Gasteiger partial charge in [0.1, 0.15) is 0 Å². The van der Waals surface area contributed by atoms with Gasteiger partial charge in [0.25, 0.3) is 0 Å². The number of nitrogens with zero attached hydrogens (tertiary/aromatic N) is 2. The van der Waals surface area contributed by atoms with Crippen molar-refractivity contribution in [2.45, 2.75) is 6.92 Å². The Bertz CT molecular complexity index is 417. The predicted molar refractivity (Wildman–Crippen MR) is 71.3 cm³/mol. The van der Waals surface area contributed by atoms with Crippen LogP contribution in [0.4, 0.5) is 15.8 Å². The van der Waals surface area contributed by atoms with Crippen molar-refractivity contribution >= 4 is 11.4 Å². The Kier molecular flexibility index (Phi) is 4.04. The summed E-state index contributed by atoms with van der Waals surface area (Å²) in [7, 11) is 0. The monoisotopic (exact) mass is 253 g/mol. The quantitative estimate of drug-likeness (QED) is 0.784. The van der Waals surface area contributed by atoms with E-state index in [9.17, 15) is 4.39 Å². The van der Waals surface area contributed by atoms with Gasteiger partial charge in [-0.25, -0.2) is 4.39 Å². The summed E-state index contributed by atoms with van der Waals surface area (Å²) in [5.74, 6) is -0.217. The zero-order chi connectivity index (χ0) is 13.1. The van der Waals surface area contributed by atoms with Crippen LogP contribution in [0.3, 0.4) is 0 Å². The number of aliphatic hydroxyl groups is 1. The zero-order valence-electron chi connectivity index (χ0n) is 10.7. The van der Waals surface area contributed by atoms with E-state index in [2.05, 4.69) is 4.90 Å². The predicted octanol–water partition coefficient (Wildman–Crippen LogP) is 0.831. The highest BCUT2D eigenvalue weighted by molar-refractivity contribution is 5.59. The second kappa shape index (κ2) is 5.54. The summed E-state index contributed by atoms with van der Waals surface area (Å²) in [5.41, 5.74) is 7.33. The van der Waals surface area contributed by atoms with Crippen LogP contribution in [-0.2, 0) is 0 Å². The molecule has 1 saturated heterocycles. The van der Waals surface area contributed by atoms with Crippen molar-refractivity contribution in [1.29, 1.82) is 0 Å². The molecule has 0 amide bonds. The van der Waals surface area contributed by atoms with E-state index in [1.165, 1.54) is 0 Å². The van der Waals surface area contributed by atoms with Crippen molar-refractivity contribution in [2.24, 2.45) is 0 Å². The maximum Gasteiger partial charge on any atom is 0.151 e. The number of β-amino-alcohol motifs (C(OH)–C–C–N with tert-alkyl or cyclic N) is 1. The lowest BCUT2D eigenvalue weighted by Crippen LogP contribution is -2.47. The number of nitrogens with two attached hydrogens (primary N) is 1. The first-order valence-electron chi connectivity index (χ1n) is 6.26. The van der Waals surface area contributed by atoms with Crippen LogP contribution in [0.1, 0.15) is 5.56 Å². The molecule has 0 spiro atoms. The van der Waals surface area contributed by atoms with Crippen LogP contribution in [0, 0.1) is 12.7 Å². The first kappa shape index (κ1) is 13.1. The summed E-state index contributed by atoms with van der Waals surface area (Å²) < 4.78 is 14.1. The molecule has 1 fully saturated rings. The fraction of sp³-hybridized carbons (Fsp3) is 0.538. The number of hydrogen-bond acceptors (Lipinski definition) is 4. The van der Waals surface area contributed by atoms with Gasteiger partial charge in [0.05, 0.1) is 12.3 Å². The number of piperazine rings is 1. The number of anilines is 2. The van der Waals surface area contributed by atoms with E-state index in [4.69, 9.17) is 10.8 Å². The van der Waals surface area contributed by atoms with Crippen LogP contribution in [0.5, 0.6) is 0 Å². The summed E-state index contributed by atoms with van der Waals surface area (Å²) in [4.78, 5) is 4.22. The second-order valence-corrected chi connectivity index (χ2v) is 4.67. The third-order valence-electron chi connectivity index (χ3n) is 3.54. The normalized spacial score (nSPS) is 17.2. The van der Waals surface area contributed by atoms with Crippen LogP contribution in [0.25, 0.3) is 0 Å². The molecule has 2 rings (SSSR count). The summed E-state index contributed by atoms with van der Waals surface area (Å²) in [6, 6.07) is 3.51. The molecule has 0 atom stereocenters. The van der Waals surface area contributed by atoms with E-state index >= 15 is 0 Å². The number of aliphatic hydroxyl groups excluding tert-OH is 1. The van der Waals surface area contributed by atoms with Crippen LogP contribution in [0.2, 0.25) is 0 Å². The molecule has 0 bridgehead atoms. The van der Waals surface area contributed by atoms with Crippen molar-refractivity contribution in [3.8, 4) is 0 Å². The number of halogens is 1. The van der Waals surface area contributed by atoms with Gasteiger partial charge in [0, 0.05) is 44.0 Å².